The minimum absolute atomic E-state index is 0.0726. The predicted octanol–water partition coefficient (Wildman–Crippen LogP) is 1.83. The molecule has 0 radical (unpaired) electrons. The highest BCUT2D eigenvalue weighted by atomic mass is 79.9. The largest absolute Gasteiger partial charge is 0.481 e. The Morgan fingerprint density at radius 3 is 2.62 bits per heavy atom. The molecule has 0 saturated carbocycles. The van der Waals surface area contributed by atoms with Crippen LogP contribution in [0.5, 0.6) is 0 Å². The Kier molecular flexibility index (Phi) is 4.17. The summed E-state index contributed by atoms with van der Waals surface area (Å²) in [4.78, 5) is 23.8. The van der Waals surface area contributed by atoms with Gasteiger partial charge in [0.25, 0.3) is 12.0 Å². The van der Waals surface area contributed by atoms with E-state index in [2.05, 4.69) is 20.9 Å². The van der Waals surface area contributed by atoms with E-state index < -0.39 is 29.9 Å². The van der Waals surface area contributed by atoms with E-state index in [4.69, 9.17) is 5.11 Å². The molecule has 1 aromatic rings. The first-order chi connectivity index (χ1) is 7.45. The van der Waals surface area contributed by atoms with Crippen LogP contribution in [-0.2, 0) is 16.5 Å². The zero-order valence-electron chi connectivity index (χ0n) is 7.97. The fraction of sp³-hybridized carbons (Fsp3) is 0.333. The molecule has 1 rings (SSSR count). The van der Waals surface area contributed by atoms with Gasteiger partial charge in [-0.15, -0.1) is 0 Å². The topological polar surface area (TPSA) is 70.2 Å². The molecule has 0 atom stereocenters. The van der Waals surface area contributed by atoms with Crippen LogP contribution in [0, 0.1) is 0 Å². The first-order valence-electron chi connectivity index (χ1n) is 4.26. The molecular weight excluding hydrogens is 288 g/mol. The molecule has 0 saturated heterocycles. The predicted molar refractivity (Wildman–Crippen MR) is 56.0 cm³/mol. The average molecular weight is 296 g/mol. The van der Waals surface area contributed by atoms with Crippen molar-refractivity contribution < 1.29 is 18.7 Å². The third-order valence-electron chi connectivity index (χ3n) is 1.92. The van der Waals surface area contributed by atoms with Crippen molar-refractivity contribution in [3.05, 3.63) is 33.2 Å². The van der Waals surface area contributed by atoms with Crippen LogP contribution < -0.4 is 5.56 Å². The summed E-state index contributed by atoms with van der Waals surface area (Å²) in [5, 5.41) is 8.59. The van der Waals surface area contributed by atoms with Crippen LogP contribution >= 0.6 is 15.9 Å². The summed E-state index contributed by atoms with van der Waals surface area (Å²) in [6.07, 6.45) is -3.28. The maximum atomic E-state index is 12.5. The first-order valence-corrected chi connectivity index (χ1v) is 5.38. The number of hydrogen-bond acceptors (Lipinski definition) is 2. The van der Waals surface area contributed by atoms with Gasteiger partial charge in [-0.05, 0) is 11.6 Å². The number of nitrogens with one attached hydrogen (secondary N) is 1. The fourth-order valence-corrected chi connectivity index (χ4v) is 1.76. The molecule has 4 nitrogen and oxygen atoms in total. The van der Waals surface area contributed by atoms with E-state index in [1.807, 2.05) is 0 Å². The number of carbonyl (C=O) groups is 1. The van der Waals surface area contributed by atoms with Crippen LogP contribution in [0.2, 0.25) is 0 Å². The summed E-state index contributed by atoms with van der Waals surface area (Å²) in [6, 6.07) is 1.26. The highest BCUT2D eigenvalue weighted by molar-refractivity contribution is 9.08. The number of aromatic nitrogens is 1. The number of alkyl halides is 3. The number of hydrogen-bond donors (Lipinski definition) is 2. The Balaban J connectivity index is 3.26. The molecule has 0 amide bonds. The Morgan fingerprint density at radius 2 is 2.19 bits per heavy atom. The smallest absolute Gasteiger partial charge is 0.309 e. The summed E-state index contributed by atoms with van der Waals surface area (Å²) in [6.45, 7) is 0. The molecule has 1 aromatic heterocycles. The van der Waals surface area contributed by atoms with E-state index in [1.54, 1.807) is 0 Å². The Bertz CT molecular complexity index is 459. The molecule has 0 aliphatic rings. The van der Waals surface area contributed by atoms with Gasteiger partial charge in [0, 0.05) is 11.0 Å². The van der Waals surface area contributed by atoms with Crippen molar-refractivity contribution in [2.75, 3.05) is 0 Å². The maximum Gasteiger partial charge on any atom is 0.309 e. The van der Waals surface area contributed by atoms with E-state index >= 15 is 0 Å². The van der Waals surface area contributed by atoms with Gasteiger partial charge in [0.1, 0.15) is 0 Å². The van der Waals surface area contributed by atoms with E-state index in [0.29, 0.717) is 0 Å². The van der Waals surface area contributed by atoms with Crippen LogP contribution in [0.3, 0.4) is 0 Å². The molecule has 1 heterocycles. The van der Waals surface area contributed by atoms with Gasteiger partial charge in [-0.25, -0.2) is 8.78 Å². The summed E-state index contributed by atoms with van der Waals surface area (Å²) in [7, 11) is 0. The minimum Gasteiger partial charge on any atom is -0.481 e. The second kappa shape index (κ2) is 5.20. The van der Waals surface area contributed by atoms with Crippen LogP contribution in [0.25, 0.3) is 0 Å². The molecule has 0 bridgehead atoms. The number of pyridine rings is 1. The third-order valence-corrected chi connectivity index (χ3v) is 2.52. The van der Waals surface area contributed by atoms with Crippen molar-refractivity contribution in [1.29, 1.82) is 0 Å². The molecule has 0 aromatic carbocycles. The standard InChI is InChI=1S/C9H8BrF2NO3/c10-3-4-1-5(2-6(14)15)13-9(16)7(4)8(11)12/h1,8H,2-3H2,(H,13,16)(H,14,15). The van der Waals surface area contributed by atoms with E-state index in [-0.39, 0.29) is 16.6 Å². The van der Waals surface area contributed by atoms with Gasteiger partial charge in [0.2, 0.25) is 0 Å². The lowest BCUT2D eigenvalue weighted by Gasteiger charge is -2.07. The summed E-state index contributed by atoms with van der Waals surface area (Å²) < 4.78 is 25.0. The molecule has 0 aliphatic carbocycles. The van der Waals surface area contributed by atoms with Crippen LogP contribution in [-0.4, -0.2) is 16.1 Å². The molecule has 2 N–H and O–H groups in total. The third kappa shape index (κ3) is 2.88. The van der Waals surface area contributed by atoms with Gasteiger partial charge in [0.15, 0.2) is 0 Å². The van der Waals surface area contributed by atoms with Gasteiger partial charge in [-0.2, -0.15) is 0 Å². The maximum absolute atomic E-state index is 12.5. The zero-order valence-corrected chi connectivity index (χ0v) is 9.55. The number of aromatic amines is 1. The van der Waals surface area contributed by atoms with Crippen molar-refractivity contribution in [2.24, 2.45) is 0 Å². The Hall–Kier alpha value is -1.24. The lowest BCUT2D eigenvalue weighted by molar-refractivity contribution is -0.136. The normalized spacial score (nSPS) is 10.8. The van der Waals surface area contributed by atoms with Crippen molar-refractivity contribution in [3.63, 3.8) is 0 Å². The number of rotatable bonds is 4. The number of halogens is 3. The van der Waals surface area contributed by atoms with Gasteiger partial charge in [-0.1, -0.05) is 15.9 Å². The van der Waals surface area contributed by atoms with Gasteiger partial charge >= 0.3 is 5.97 Å². The van der Waals surface area contributed by atoms with Crippen molar-refractivity contribution in [1.82, 2.24) is 4.98 Å². The van der Waals surface area contributed by atoms with Crippen LogP contribution in [0.1, 0.15) is 23.2 Å². The summed E-state index contributed by atoms with van der Waals surface area (Å²) in [5.74, 6) is -1.14. The lowest BCUT2D eigenvalue weighted by Crippen LogP contribution is -2.19. The molecule has 0 spiro atoms. The van der Waals surface area contributed by atoms with Gasteiger partial charge in [-0.3, -0.25) is 9.59 Å². The Morgan fingerprint density at radius 1 is 1.56 bits per heavy atom. The van der Waals surface area contributed by atoms with E-state index in [1.165, 1.54) is 6.07 Å². The molecule has 16 heavy (non-hydrogen) atoms. The Labute approximate surface area is 97.4 Å². The van der Waals surface area contributed by atoms with Crippen molar-refractivity contribution in [2.45, 2.75) is 18.2 Å². The molecule has 88 valence electrons. The average Bonchev–Trinajstić information content (AvgIpc) is 2.14. The molecule has 7 heteroatoms. The number of H-pyrrole nitrogens is 1. The first kappa shape index (κ1) is 12.8. The lowest BCUT2D eigenvalue weighted by atomic mass is 10.1. The zero-order chi connectivity index (χ0) is 12.3. The highest BCUT2D eigenvalue weighted by Gasteiger charge is 2.18. The van der Waals surface area contributed by atoms with Crippen molar-refractivity contribution >= 4 is 21.9 Å². The number of carboxylic acids is 1. The van der Waals surface area contributed by atoms with E-state index in [0.717, 1.165) is 0 Å². The van der Waals surface area contributed by atoms with Crippen molar-refractivity contribution in [3.8, 4) is 0 Å². The highest BCUT2D eigenvalue weighted by Crippen LogP contribution is 2.21. The fourth-order valence-electron chi connectivity index (χ4n) is 1.29. The van der Waals surface area contributed by atoms with Crippen LogP contribution in [0.15, 0.2) is 10.9 Å². The molecule has 0 unspecified atom stereocenters. The molecular formula is C9H8BrF2NO3. The van der Waals surface area contributed by atoms with E-state index in [9.17, 15) is 18.4 Å². The number of aliphatic carboxylic acids is 1. The second-order valence-electron chi connectivity index (χ2n) is 3.07. The minimum atomic E-state index is -2.88. The second-order valence-corrected chi connectivity index (χ2v) is 3.63. The molecule has 0 fully saturated rings. The summed E-state index contributed by atoms with van der Waals surface area (Å²) in [5.41, 5.74) is -1.35. The monoisotopic (exact) mass is 295 g/mol. The molecule has 0 aliphatic heterocycles. The summed E-state index contributed by atoms with van der Waals surface area (Å²) >= 11 is 2.98. The SMILES string of the molecule is O=C(O)Cc1cc(CBr)c(C(F)F)c(=O)[nH]1. The number of carboxylic acid groups (broad SMARTS) is 1. The van der Waals surface area contributed by atoms with Crippen LogP contribution in [0.4, 0.5) is 8.78 Å². The van der Waals surface area contributed by atoms with Gasteiger partial charge < -0.3 is 10.1 Å². The van der Waals surface area contributed by atoms with Gasteiger partial charge in [0.05, 0.1) is 12.0 Å². The quantitative estimate of drug-likeness (QED) is 0.833.